The fraction of sp³-hybridized carbons (Fsp3) is 0.912. The highest BCUT2D eigenvalue weighted by Gasteiger charge is 2.31. The molecule has 0 aliphatic carbocycles. The number of carbonyl (C=O) groups excluding carboxylic acids is 2. The van der Waals surface area contributed by atoms with Crippen LogP contribution in [0.2, 0.25) is 0 Å². The number of carboxylic acid groups (broad SMARTS) is 1. The van der Waals surface area contributed by atoms with Crippen molar-refractivity contribution in [1.29, 1.82) is 0 Å². The molecule has 0 bridgehead atoms. The van der Waals surface area contributed by atoms with Gasteiger partial charge in [0, 0.05) is 19.3 Å². The molecule has 0 heterocycles. The molecule has 2 unspecified atom stereocenters. The fourth-order valence-electron chi connectivity index (χ4n) is 8.80. The third-order valence-corrected chi connectivity index (χ3v) is 13.2. The highest BCUT2D eigenvalue weighted by Crippen LogP contribution is 2.17. The molecule has 0 rings (SSSR count). The first-order valence-corrected chi connectivity index (χ1v) is 28.2. The number of allylic oxidation sites excluding steroid dienone is 2. The SMILES string of the molecule is CCCCCCCC/C=C\CCCCCCCCCC(=O)OC(COCCC(C(=O)O)[N+](C)(C)C)COC(=O)CCCCCCCCCCCCCCCCCCCCCCCCCC. The van der Waals surface area contributed by atoms with Crippen LogP contribution in [0.3, 0.4) is 0 Å². The van der Waals surface area contributed by atoms with Gasteiger partial charge >= 0.3 is 17.9 Å². The van der Waals surface area contributed by atoms with Crippen molar-refractivity contribution in [2.75, 3.05) is 41.0 Å². The van der Waals surface area contributed by atoms with Gasteiger partial charge in [0.1, 0.15) is 6.61 Å². The zero-order chi connectivity index (χ0) is 47.7. The molecule has 0 saturated carbocycles. The first-order chi connectivity index (χ1) is 31.6. The number of rotatable bonds is 52. The molecule has 0 aromatic rings. The van der Waals surface area contributed by atoms with Crippen molar-refractivity contribution in [3.8, 4) is 0 Å². The maximum atomic E-state index is 12.8. The molecule has 0 amide bonds. The van der Waals surface area contributed by atoms with Crippen LogP contribution in [-0.2, 0) is 28.6 Å². The molecule has 0 saturated heterocycles. The van der Waals surface area contributed by atoms with E-state index in [0.29, 0.717) is 19.3 Å². The van der Waals surface area contributed by atoms with Crippen molar-refractivity contribution in [1.82, 2.24) is 0 Å². The van der Waals surface area contributed by atoms with Crippen LogP contribution in [0.15, 0.2) is 12.2 Å². The summed E-state index contributed by atoms with van der Waals surface area (Å²) in [6, 6.07) is -0.612. The lowest BCUT2D eigenvalue weighted by Gasteiger charge is -2.31. The molecular formula is C57H110NO7+. The molecule has 8 nitrogen and oxygen atoms in total. The molecule has 0 spiro atoms. The van der Waals surface area contributed by atoms with Gasteiger partial charge in [-0.2, -0.15) is 0 Å². The maximum Gasteiger partial charge on any atom is 0.362 e. The van der Waals surface area contributed by atoms with Gasteiger partial charge in [0.15, 0.2) is 12.1 Å². The van der Waals surface area contributed by atoms with E-state index < -0.39 is 18.1 Å². The van der Waals surface area contributed by atoms with Gasteiger partial charge in [-0.15, -0.1) is 0 Å². The van der Waals surface area contributed by atoms with Gasteiger partial charge in [0.2, 0.25) is 0 Å². The molecule has 0 fully saturated rings. The number of ether oxygens (including phenoxy) is 3. The molecular weight excluding hydrogens is 811 g/mol. The average molecular weight is 922 g/mol. The summed E-state index contributed by atoms with van der Waals surface area (Å²) in [5, 5.41) is 9.67. The average Bonchev–Trinajstić information content (AvgIpc) is 3.27. The summed E-state index contributed by atoms with van der Waals surface area (Å²) in [5.41, 5.74) is 0. The van der Waals surface area contributed by atoms with Crippen LogP contribution in [0.4, 0.5) is 0 Å². The summed E-state index contributed by atoms with van der Waals surface area (Å²) in [7, 11) is 5.55. The molecule has 0 aliphatic heterocycles. The number of hydrogen-bond acceptors (Lipinski definition) is 6. The maximum absolute atomic E-state index is 12.8. The zero-order valence-corrected chi connectivity index (χ0v) is 44.0. The van der Waals surface area contributed by atoms with E-state index in [-0.39, 0.29) is 36.2 Å². The lowest BCUT2D eigenvalue weighted by atomic mass is 10.0. The summed E-state index contributed by atoms with van der Waals surface area (Å²) in [4.78, 5) is 37.2. The Hall–Kier alpha value is -1.93. The lowest BCUT2D eigenvalue weighted by molar-refractivity contribution is -0.887. The summed E-state index contributed by atoms with van der Waals surface area (Å²) < 4.78 is 17.4. The molecule has 0 aromatic heterocycles. The fourth-order valence-corrected chi connectivity index (χ4v) is 8.80. The van der Waals surface area contributed by atoms with Gasteiger partial charge in [-0.25, -0.2) is 4.79 Å². The Labute approximate surface area is 403 Å². The Morgan fingerprint density at radius 3 is 1.11 bits per heavy atom. The number of carboxylic acids is 1. The molecule has 8 heteroatoms. The first kappa shape index (κ1) is 63.1. The summed E-state index contributed by atoms with van der Waals surface area (Å²) in [6.07, 6.45) is 55.6. The molecule has 384 valence electrons. The summed E-state index contributed by atoms with van der Waals surface area (Å²) >= 11 is 0. The number of aliphatic carboxylic acids is 1. The monoisotopic (exact) mass is 921 g/mol. The van der Waals surface area contributed by atoms with Crippen LogP contribution >= 0.6 is 0 Å². The Kier molecular flexibility index (Phi) is 47.1. The normalized spacial score (nSPS) is 12.8. The van der Waals surface area contributed by atoms with Gasteiger partial charge in [0.25, 0.3) is 0 Å². The third-order valence-electron chi connectivity index (χ3n) is 13.2. The quantitative estimate of drug-likeness (QED) is 0.0281. The van der Waals surface area contributed by atoms with Crippen molar-refractivity contribution in [3.05, 3.63) is 12.2 Å². The Morgan fingerprint density at radius 1 is 0.446 bits per heavy atom. The largest absolute Gasteiger partial charge is 0.477 e. The van der Waals surface area contributed by atoms with Gasteiger partial charge in [-0.05, 0) is 38.5 Å². The number of carbonyl (C=O) groups is 3. The Morgan fingerprint density at radius 2 is 0.769 bits per heavy atom. The minimum Gasteiger partial charge on any atom is -0.477 e. The van der Waals surface area contributed by atoms with Gasteiger partial charge in [0.05, 0.1) is 34.4 Å². The predicted molar refractivity (Wildman–Crippen MR) is 276 cm³/mol. The van der Waals surface area contributed by atoms with Gasteiger partial charge in [-0.3, -0.25) is 9.59 Å². The van der Waals surface area contributed by atoms with Crippen LogP contribution in [0.25, 0.3) is 0 Å². The predicted octanol–water partition coefficient (Wildman–Crippen LogP) is 16.6. The number of nitrogens with zero attached hydrogens (tertiary/aromatic N) is 1. The molecule has 0 radical (unpaired) electrons. The van der Waals surface area contributed by atoms with E-state index in [9.17, 15) is 19.5 Å². The highest BCUT2D eigenvalue weighted by atomic mass is 16.6. The van der Waals surface area contributed by atoms with Crippen LogP contribution in [-0.4, -0.2) is 80.6 Å². The zero-order valence-electron chi connectivity index (χ0n) is 44.0. The Bertz CT molecular complexity index is 1070. The van der Waals surface area contributed by atoms with Crippen molar-refractivity contribution in [2.45, 2.75) is 296 Å². The van der Waals surface area contributed by atoms with E-state index in [1.54, 1.807) is 0 Å². The molecule has 2 atom stereocenters. The summed E-state index contributed by atoms with van der Waals surface area (Å²) in [6.45, 7) is 4.79. The van der Waals surface area contributed by atoms with E-state index in [1.807, 2.05) is 21.1 Å². The van der Waals surface area contributed by atoms with Crippen molar-refractivity contribution >= 4 is 17.9 Å². The van der Waals surface area contributed by atoms with Crippen molar-refractivity contribution in [2.24, 2.45) is 0 Å². The van der Waals surface area contributed by atoms with E-state index in [4.69, 9.17) is 14.2 Å². The first-order valence-electron chi connectivity index (χ1n) is 28.2. The number of likely N-dealkylation sites (N-methyl/N-ethyl adjacent to an activating group) is 1. The number of esters is 2. The second kappa shape index (κ2) is 48.5. The molecule has 0 aliphatic rings. The van der Waals surface area contributed by atoms with Crippen molar-refractivity contribution < 1.29 is 38.2 Å². The van der Waals surface area contributed by atoms with E-state index in [0.717, 1.165) is 38.5 Å². The molecule has 1 N–H and O–H groups in total. The molecule has 0 aromatic carbocycles. The number of quaternary nitrogens is 1. The van der Waals surface area contributed by atoms with Gasteiger partial charge < -0.3 is 23.8 Å². The second-order valence-electron chi connectivity index (χ2n) is 20.6. The number of hydrogen-bond donors (Lipinski definition) is 1. The lowest BCUT2D eigenvalue weighted by Crippen LogP contribution is -2.50. The van der Waals surface area contributed by atoms with Crippen LogP contribution < -0.4 is 0 Å². The van der Waals surface area contributed by atoms with Crippen LogP contribution in [0, 0.1) is 0 Å². The Balaban J connectivity index is 4.11. The second-order valence-corrected chi connectivity index (χ2v) is 20.6. The minimum atomic E-state index is -0.870. The van der Waals surface area contributed by atoms with E-state index >= 15 is 0 Å². The topological polar surface area (TPSA) is 99.1 Å². The highest BCUT2D eigenvalue weighted by molar-refractivity contribution is 5.72. The minimum absolute atomic E-state index is 0.0457. The van der Waals surface area contributed by atoms with E-state index in [1.165, 1.54) is 212 Å². The molecule has 65 heavy (non-hydrogen) atoms. The number of unbranched alkanes of at least 4 members (excludes halogenated alkanes) is 36. The standard InChI is InChI=1S/C57H109NO7/c1-6-8-10-12-14-16-18-20-22-24-25-26-27-28-29-30-32-33-35-37-39-41-43-45-47-55(59)64-52-53(51-63-50-49-54(57(61)62)58(3,4)5)65-56(60)48-46-44-42-40-38-36-34-31-23-21-19-17-15-13-11-9-7-2/h21,23,53-54H,6-20,22,24-52H2,1-5H3/p+1/b23-21-. The van der Waals surface area contributed by atoms with Crippen molar-refractivity contribution in [3.63, 3.8) is 0 Å². The van der Waals surface area contributed by atoms with Crippen LogP contribution in [0.5, 0.6) is 0 Å². The summed E-state index contributed by atoms with van der Waals surface area (Å²) in [5.74, 6) is -1.45. The van der Waals surface area contributed by atoms with Crippen LogP contribution in [0.1, 0.15) is 284 Å². The van der Waals surface area contributed by atoms with E-state index in [2.05, 4.69) is 26.0 Å². The van der Waals surface area contributed by atoms with Gasteiger partial charge in [-0.1, -0.05) is 238 Å². The third kappa shape index (κ3) is 46.9. The smallest absolute Gasteiger partial charge is 0.362 e.